The van der Waals surface area contributed by atoms with E-state index >= 15 is 0 Å². The van der Waals surface area contributed by atoms with E-state index in [0.717, 1.165) is 0 Å². The molecule has 0 fully saturated rings. The van der Waals surface area contributed by atoms with Gasteiger partial charge in [0.05, 0.1) is 6.04 Å². The van der Waals surface area contributed by atoms with Crippen LogP contribution >= 0.6 is 27.3 Å². The van der Waals surface area contributed by atoms with Crippen LogP contribution in [0.1, 0.15) is 26.9 Å². The Morgan fingerprint density at radius 2 is 1.82 bits per heavy atom. The van der Waals surface area contributed by atoms with Crippen molar-refractivity contribution in [1.82, 2.24) is 5.32 Å². The molecule has 3 heteroatoms. The Bertz CT molecular complexity index is 482. The highest BCUT2D eigenvalue weighted by Crippen LogP contribution is 2.33. The molecule has 2 rings (SSSR count). The van der Waals surface area contributed by atoms with Crippen molar-refractivity contribution in [2.45, 2.75) is 19.9 Å². The van der Waals surface area contributed by atoms with E-state index in [0.29, 0.717) is 0 Å². The van der Waals surface area contributed by atoms with Gasteiger partial charge in [0.2, 0.25) is 0 Å². The van der Waals surface area contributed by atoms with Gasteiger partial charge in [0, 0.05) is 14.2 Å². The molecule has 1 aromatic heterocycles. The fraction of sp³-hybridized carbons (Fsp3) is 0.286. The van der Waals surface area contributed by atoms with E-state index in [1.54, 1.807) is 0 Å². The lowest BCUT2D eigenvalue weighted by atomic mass is 10.0. The van der Waals surface area contributed by atoms with Gasteiger partial charge in [-0.05, 0) is 48.5 Å². The Hall–Kier alpha value is -0.640. The van der Waals surface area contributed by atoms with Gasteiger partial charge in [-0.3, -0.25) is 0 Å². The maximum atomic E-state index is 3.58. The molecule has 1 N–H and O–H groups in total. The fourth-order valence-electron chi connectivity index (χ4n) is 1.86. The average molecular weight is 310 g/mol. The van der Waals surface area contributed by atoms with Crippen LogP contribution in [0, 0.1) is 13.8 Å². The molecule has 0 amide bonds. The van der Waals surface area contributed by atoms with Gasteiger partial charge in [-0.15, -0.1) is 11.3 Å². The summed E-state index contributed by atoms with van der Waals surface area (Å²) in [4.78, 5) is 2.67. The quantitative estimate of drug-likeness (QED) is 0.884. The second-order valence-electron chi connectivity index (χ2n) is 4.19. The van der Waals surface area contributed by atoms with Crippen molar-refractivity contribution >= 4 is 27.3 Å². The minimum atomic E-state index is 0.283. The Balaban J connectivity index is 2.36. The number of aryl methyl sites for hydroxylation is 2. The molecule has 1 unspecified atom stereocenters. The van der Waals surface area contributed by atoms with Crippen molar-refractivity contribution in [3.05, 3.63) is 55.7 Å². The molecule has 0 radical (unpaired) electrons. The predicted octanol–water partition coefficient (Wildman–Crippen LogP) is 4.44. The number of hydrogen-bond acceptors (Lipinski definition) is 2. The number of benzene rings is 1. The summed E-state index contributed by atoms with van der Waals surface area (Å²) in [5.41, 5.74) is 2.61. The van der Waals surface area contributed by atoms with E-state index in [4.69, 9.17) is 0 Å². The van der Waals surface area contributed by atoms with Crippen molar-refractivity contribution in [2.75, 3.05) is 7.05 Å². The van der Waals surface area contributed by atoms with Gasteiger partial charge in [0.25, 0.3) is 0 Å². The summed E-state index contributed by atoms with van der Waals surface area (Å²) in [6, 6.07) is 11.2. The molecule has 90 valence electrons. The van der Waals surface area contributed by atoms with Crippen LogP contribution in [0.15, 0.2) is 34.8 Å². The summed E-state index contributed by atoms with van der Waals surface area (Å²) in [5.74, 6) is 0. The van der Waals surface area contributed by atoms with E-state index in [9.17, 15) is 0 Å². The SMILES string of the molecule is CNC(c1ccc(C)cc1)c1cc(Br)c(C)s1. The highest BCUT2D eigenvalue weighted by Gasteiger charge is 2.15. The van der Waals surface area contributed by atoms with Crippen molar-refractivity contribution in [3.8, 4) is 0 Å². The lowest BCUT2D eigenvalue weighted by Gasteiger charge is -2.15. The molecular formula is C14H16BrNS. The first-order valence-corrected chi connectivity index (χ1v) is 7.22. The second-order valence-corrected chi connectivity index (χ2v) is 6.33. The summed E-state index contributed by atoms with van der Waals surface area (Å²) in [7, 11) is 2.01. The lowest BCUT2D eigenvalue weighted by molar-refractivity contribution is 0.703. The lowest BCUT2D eigenvalue weighted by Crippen LogP contribution is -2.16. The van der Waals surface area contributed by atoms with Crippen LogP contribution in [0.2, 0.25) is 0 Å². The molecule has 0 aliphatic carbocycles. The molecule has 1 nitrogen and oxygen atoms in total. The number of nitrogens with one attached hydrogen (secondary N) is 1. The first kappa shape index (κ1) is 12.8. The maximum absolute atomic E-state index is 3.58. The van der Waals surface area contributed by atoms with E-state index in [-0.39, 0.29) is 6.04 Å². The third-order valence-electron chi connectivity index (χ3n) is 2.86. The van der Waals surface area contributed by atoms with E-state index < -0.39 is 0 Å². The maximum Gasteiger partial charge on any atom is 0.0669 e. The van der Waals surface area contributed by atoms with Gasteiger partial charge in [-0.2, -0.15) is 0 Å². The molecule has 1 heterocycles. The Morgan fingerprint density at radius 1 is 1.18 bits per heavy atom. The number of halogens is 1. The smallest absolute Gasteiger partial charge is 0.0669 e. The zero-order valence-electron chi connectivity index (χ0n) is 10.3. The standard InChI is InChI=1S/C14H16BrNS/c1-9-4-6-11(7-5-9)14(16-3)13-8-12(15)10(2)17-13/h4-8,14,16H,1-3H3. The summed E-state index contributed by atoms with van der Waals surface area (Å²) >= 11 is 5.42. The summed E-state index contributed by atoms with van der Waals surface area (Å²) in [6.45, 7) is 4.25. The summed E-state index contributed by atoms with van der Waals surface area (Å²) < 4.78 is 1.20. The molecule has 1 atom stereocenters. The largest absolute Gasteiger partial charge is 0.309 e. The van der Waals surface area contributed by atoms with E-state index in [1.807, 2.05) is 18.4 Å². The van der Waals surface area contributed by atoms with Crippen LogP contribution in [0.4, 0.5) is 0 Å². The molecule has 0 aliphatic rings. The second kappa shape index (κ2) is 5.34. The zero-order chi connectivity index (χ0) is 12.4. The summed E-state index contributed by atoms with van der Waals surface area (Å²) in [5, 5.41) is 3.38. The molecule has 0 aliphatic heterocycles. The molecule has 0 bridgehead atoms. The fourth-order valence-corrected chi connectivity index (χ4v) is 3.56. The van der Waals surface area contributed by atoms with Gasteiger partial charge >= 0.3 is 0 Å². The van der Waals surface area contributed by atoms with Gasteiger partial charge in [-0.25, -0.2) is 0 Å². The molecular weight excluding hydrogens is 294 g/mol. The van der Waals surface area contributed by atoms with Crippen LogP contribution < -0.4 is 5.32 Å². The molecule has 1 aromatic carbocycles. The third kappa shape index (κ3) is 2.79. The number of rotatable bonds is 3. The van der Waals surface area contributed by atoms with Crippen LogP contribution in [-0.2, 0) is 0 Å². The van der Waals surface area contributed by atoms with E-state index in [2.05, 4.69) is 65.4 Å². The molecule has 0 saturated carbocycles. The average Bonchev–Trinajstić information content (AvgIpc) is 2.63. The Kier molecular flexibility index (Phi) is 4.02. The van der Waals surface area contributed by atoms with E-state index in [1.165, 1.54) is 25.4 Å². The van der Waals surface area contributed by atoms with Crippen molar-refractivity contribution in [1.29, 1.82) is 0 Å². The molecule has 0 spiro atoms. The van der Waals surface area contributed by atoms with Crippen molar-refractivity contribution < 1.29 is 0 Å². The van der Waals surface area contributed by atoms with Gasteiger partial charge in [0.15, 0.2) is 0 Å². The Labute approximate surface area is 115 Å². The number of hydrogen-bond donors (Lipinski definition) is 1. The monoisotopic (exact) mass is 309 g/mol. The topological polar surface area (TPSA) is 12.0 Å². The van der Waals surface area contributed by atoms with Gasteiger partial charge < -0.3 is 5.32 Å². The van der Waals surface area contributed by atoms with Crippen LogP contribution in [-0.4, -0.2) is 7.05 Å². The molecule has 17 heavy (non-hydrogen) atoms. The minimum absolute atomic E-state index is 0.283. The van der Waals surface area contributed by atoms with Gasteiger partial charge in [-0.1, -0.05) is 29.8 Å². The zero-order valence-corrected chi connectivity index (χ0v) is 12.7. The summed E-state index contributed by atoms with van der Waals surface area (Å²) in [6.07, 6.45) is 0. The van der Waals surface area contributed by atoms with Crippen LogP contribution in [0.5, 0.6) is 0 Å². The number of thiophene rings is 1. The third-order valence-corrected chi connectivity index (χ3v) is 5.06. The molecule has 2 aromatic rings. The predicted molar refractivity (Wildman–Crippen MR) is 78.8 cm³/mol. The van der Waals surface area contributed by atoms with Gasteiger partial charge in [0.1, 0.15) is 0 Å². The minimum Gasteiger partial charge on any atom is -0.309 e. The highest BCUT2D eigenvalue weighted by atomic mass is 79.9. The highest BCUT2D eigenvalue weighted by molar-refractivity contribution is 9.10. The normalized spacial score (nSPS) is 12.7. The van der Waals surface area contributed by atoms with Crippen molar-refractivity contribution in [3.63, 3.8) is 0 Å². The van der Waals surface area contributed by atoms with Crippen LogP contribution in [0.25, 0.3) is 0 Å². The Morgan fingerprint density at radius 3 is 2.29 bits per heavy atom. The van der Waals surface area contributed by atoms with Crippen molar-refractivity contribution in [2.24, 2.45) is 0 Å². The first-order chi connectivity index (χ1) is 8.11. The molecule has 0 saturated heterocycles. The van der Waals surface area contributed by atoms with Crippen LogP contribution in [0.3, 0.4) is 0 Å². The first-order valence-electron chi connectivity index (χ1n) is 5.61.